The molecule has 0 aliphatic carbocycles. The first-order valence-electron chi connectivity index (χ1n) is 6.22. The molecule has 0 spiro atoms. The van der Waals surface area contributed by atoms with Crippen molar-refractivity contribution < 1.29 is 9.90 Å². The van der Waals surface area contributed by atoms with E-state index in [2.05, 4.69) is 15.5 Å². The summed E-state index contributed by atoms with van der Waals surface area (Å²) < 4.78 is 0. The predicted octanol–water partition coefficient (Wildman–Crippen LogP) is 0.456. The number of nitrogens with zero attached hydrogens (tertiary/aromatic N) is 2. The molecule has 0 radical (unpaired) electrons. The summed E-state index contributed by atoms with van der Waals surface area (Å²) in [5.41, 5.74) is 5.38. The molecule has 6 heteroatoms. The molecule has 4 N–H and O–H groups in total. The number of carbonyl (C=O) groups is 1. The van der Waals surface area contributed by atoms with Crippen molar-refractivity contribution in [3.63, 3.8) is 0 Å². The average Bonchev–Trinajstić information content (AvgIpc) is 2.34. The van der Waals surface area contributed by atoms with E-state index < -0.39 is 0 Å². The van der Waals surface area contributed by atoms with Gasteiger partial charge in [-0.05, 0) is 19.4 Å². The van der Waals surface area contributed by atoms with Gasteiger partial charge < -0.3 is 16.2 Å². The van der Waals surface area contributed by atoms with E-state index in [-0.39, 0.29) is 12.5 Å². The summed E-state index contributed by atoms with van der Waals surface area (Å²) in [6, 6.07) is 0. The van der Waals surface area contributed by atoms with Crippen LogP contribution in [-0.2, 0) is 4.79 Å². The third-order valence-corrected chi connectivity index (χ3v) is 2.19. The number of nitrogens with one attached hydrogen (secondary N) is 1. The Morgan fingerprint density at radius 1 is 1.12 bits per heavy atom. The first-order valence-corrected chi connectivity index (χ1v) is 6.22. The summed E-state index contributed by atoms with van der Waals surface area (Å²) in [7, 11) is 0. The Morgan fingerprint density at radius 2 is 1.82 bits per heavy atom. The molecule has 0 saturated heterocycles. The summed E-state index contributed by atoms with van der Waals surface area (Å²) in [5.74, 6) is -0.0963. The topological polar surface area (TPSA) is 100 Å². The normalized spacial score (nSPS) is 10.9. The molecule has 0 unspecified atom stereocenters. The maximum atomic E-state index is 11.1. The van der Waals surface area contributed by atoms with Crippen molar-refractivity contribution >= 4 is 5.91 Å². The van der Waals surface area contributed by atoms with Crippen LogP contribution in [0.25, 0.3) is 0 Å². The van der Waals surface area contributed by atoms with Crippen molar-refractivity contribution in [1.82, 2.24) is 5.32 Å². The van der Waals surface area contributed by atoms with Crippen molar-refractivity contribution in [3.8, 4) is 0 Å². The maximum absolute atomic E-state index is 11.1. The Kier molecular flexibility index (Phi) is 12.3. The van der Waals surface area contributed by atoms with Gasteiger partial charge >= 0.3 is 0 Å². The first-order chi connectivity index (χ1) is 8.31. The average molecular weight is 244 g/mol. The van der Waals surface area contributed by atoms with E-state index in [1.54, 1.807) is 0 Å². The quantitative estimate of drug-likeness (QED) is 0.363. The molecule has 0 aromatic rings. The summed E-state index contributed by atoms with van der Waals surface area (Å²) in [4.78, 5) is 11.1. The standard InChI is InChI=1S/C11H24N4O2/c12-6-3-1-2-4-7-14-15-8-5-11(17)13-9-10-16/h16H,1-10,12H2,(H,13,17). The lowest BCUT2D eigenvalue weighted by molar-refractivity contribution is -0.121. The molecule has 0 aromatic heterocycles. The summed E-state index contributed by atoms with van der Waals surface area (Å²) in [5, 5.41) is 18.9. The second-order valence-electron chi connectivity index (χ2n) is 3.76. The van der Waals surface area contributed by atoms with Crippen molar-refractivity contribution in [2.75, 3.05) is 32.8 Å². The number of amides is 1. The molecule has 6 nitrogen and oxygen atoms in total. The van der Waals surface area contributed by atoms with Gasteiger partial charge in [0.05, 0.1) is 19.7 Å². The van der Waals surface area contributed by atoms with Crippen LogP contribution in [0.3, 0.4) is 0 Å². The number of rotatable bonds is 11. The predicted molar refractivity (Wildman–Crippen MR) is 66.8 cm³/mol. The Morgan fingerprint density at radius 3 is 2.53 bits per heavy atom. The van der Waals surface area contributed by atoms with E-state index >= 15 is 0 Å². The van der Waals surface area contributed by atoms with Crippen molar-refractivity contribution in [2.45, 2.75) is 32.1 Å². The number of hydrogen-bond acceptors (Lipinski definition) is 5. The van der Waals surface area contributed by atoms with Gasteiger partial charge in [0.25, 0.3) is 0 Å². The van der Waals surface area contributed by atoms with Crippen LogP contribution in [0.1, 0.15) is 32.1 Å². The molecule has 0 bridgehead atoms. The first kappa shape index (κ1) is 16.0. The van der Waals surface area contributed by atoms with Gasteiger partial charge in [-0.15, -0.1) is 0 Å². The molecule has 0 aromatic carbocycles. The molecule has 0 atom stereocenters. The van der Waals surface area contributed by atoms with Gasteiger partial charge in [-0.25, -0.2) is 0 Å². The lowest BCUT2D eigenvalue weighted by atomic mass is 10.2. The smallest absolute Gasteiger partial charge is 0.222 e. The number of aliphatic hydroxyl groups excluding tert-OH is 1. The lowest BCUT2D eigenvalue weighted by Crippen LogP contribution is -2.26. The number of unbranched alkanes of at least 4 members (excludes halogenated alkanes) is 3. The summed E-state index contributed by atoms with van der Waals surface area (Å²) >= 11 is 0. The maximum Gasteiger partial charge on any atom is 0.222 e. The fourth-order valence-corrected chi connectivity index (χ4v) is 1.26. The Hall–Kier alpha value is -1.01. The van der Waals surface area contributed by atoms with Gasteiger partial charge in [0.15, 0.2) is 0 Å². The van der Waals surface area contributed by atoms with Gasteiger partial charge in [0, 0.05) is 13.0 Å². The van der Waals surface area contributed by atoms with Gasteiger partial charge in [0.2, 0.25) is 5.91 Å². The minimum absolute atomic E-state index is 0.0317. The van der Waals surface area contributed by atoms with Crippen LogP contribution >= 0.6 is 0 Å². The van der Waals surface area contributed by atoms with Gasteiger partial charge in [-0.3, -0.25) is 4.79 Å². The van der Waals surface area contributed by atoms with E-state index in [0.717, 1.165) is 38.8 Å². The zero-order chi connectivity index (χ0) is 12.8. The summed E-state index contributed by atoms with van der Waals surface area (Å²) in [6.07, 6.45) is 4.71. The van der Waals surface area contributed by atoms with E-state index in [9.17, 15) is 4.79 Å². The van der Waals surface area contributed by atoms with E-state index in [1.807, 2.05) is 0 Å². The molecule has 0 saturated carbocycles. The van der Waals surface area contributed by atoms with Crippen LogP contribution in [0.5, 0.6) is 0 Å². The van der Waals surface area contributed by atoms with Crippen molar-refractivity contribution in [3.05, 3.63) is 0 Å². The fourth-order valence-electron chi connectivity index (χ4n) is 1.26. The van der Waals surface area contributed by atoms with E-state index in [1.165, 1.54) is 0 Å². The molecular weight excluding hydrogens is 220 g/mol. The largest absolute Gasteiger partial charge is 0.395 e. The Balaban J connectivity index is 3.21. The van der Waals surface area contributed by atoms with Crippen LogP contribution < -0.4 is 11.1 Å². The monoisotopic (exact) mass is 244 g/mol. The SMILES string of the molecule is NCCCCCCN=NCCC(=O)NCCO. The van der Waals surface area contributed by atoms with Crippen molar-refractivity contribution in [1.29, 1.82) is 0 Å². The second kappa shape index (κ2) is 13.1. The van der Waals surface area contributed by atoms with Crippen molar-refractivity contribution in [2.24, 2.45) is 16.0 Å². The highest BCUT2D eigenvalue weighted by atomic mass is 16.3. The van der Waals surface area contributed by atoms with Gasteiger partial charge in [0.1, 0.15) is 0 Å². The summed E-state index contributed by atoms with van der Waals surface area (Å²) in [6.45, 7) is 2.17. The molecule has 0 fully saturated rings. The van der Waals surface area contributed by atoms with E-state index in [0.29, 0.717) is 19.5 Å². The molecule has 100 valence electrons. The molecule has 1 amide bonds. The molecule has 0 heterocycles. The second-order valence-corrected chi connectivity index (χ2v) is 3.76. The molecule has 0 rings (SSSR count). The van der Waals surface area contributed by atoms with Crippen LogP contribution in [0.15, 0.2) is 10.2 Å². The number of hydrogen-bond donors (Lipinski definition) is 3. The Labute approximate surface area is 103 Å². The third-order valence-electron chi connectivity index (χ3n) is 2.19. The molecule has 0 aliphatic heterocycles. The highest BCUT2D eigenvalue weighted by Crippen LogP contribution is 1.98. The van der Waals surface area contributed by atoms with E-state index in [4.69, 9.17) is 10.8 Å². The van der Waals surface area contributed by atoms with Crippen LogP contribution in [0, 0.1) is 0 Å². The fraction of sp³-hybridized carbons (Fsp3) is 0.909. The molecule has 0 aliphatic rings. The minimum Gasteiger partial charge on any atom is -0.395 e. The highest BCUT2D eigenvalue weighted by Gasteiger charge is 1.97. The molecule has 17 heavy (non-hydrogen) atoms. The Bertz CT molecular complexity index is 210. The van der Waals surface area contributed by atoms with Gasteiger partial charge in [-0.2, -0.15) is 10.2 Å². The van der Waals surface area contributed by atoms with Crippen LogP contribution in [-0.4, -0.2) is 43.8 Å². The minimum atomic E-state index is -0.0963. The highest BCUT2D eigenvalue weighted by molar-refractivity contribution is 5.75. The third kappa shape index (κ3) is 12.9. The van der Waals surface area contributed by atoms with Gasteiger partial charge in [-0.1, -0.05) is 12.8 Å². The van der Waals surface area contributed by atoms with Crippen LogP contribution in [0.2, 0.25) is 0 Å². The zero-order valence-corrected chi connectivity index (χ0v) is 10.4. The molecular formula is C11H24N4O2. The van der Waals surface area contributed by atoms with Crippen LogP contribution in [0.4, 0.5) is 0 Å². The zero-order valence-electron chi connectivity index (χ0n) is 10.4. The number of azo groups is 1. The number of nitrogens with two attached hydrogens (primary N) is 1. The number of aliphatic hydroxyl groups is 1. The lowest BCUT2D eigenvalue weighted by Gasteiger charge is -1.99. The number of carbonyl (C=O) groups excluding carboxylic acids is 1.